The quantitative estimate of drug-likeness (QED) is 0.842. The molecule has 20 heavy (non-hydrogen) atoms. The Kier molecular flexibility index (Phi) is 5.57. The maximum Gasteiger partial charge on any atom is 0.0574 e. The van der Waals surface area contributed by atoms with Gasteiger partial charge in [0.1, 0.15) is 0 Å². The second-order valence-electron chi connectivity index (χ2n) is 4.78. The van der Waals surface area contributed by atoms with Crippen molar-refractivity contribution in [3.8, 4) is 0 Å². The van der Waals surface area contributed by atoms with Gasteiger partial charge in [-0.3, -0.25) is 4.98 Å². The minimum Gasteiger partial charge on any atom is -0.368 e. The number of halogens is 1. The smallest absolute Gasteiger partial charge is 0.0574 e. The van der Waals surface area contributed by atoms with Gasteiger partial charge in [0.05, 0.1) is 24.1 Å². The van der Waals surface area contributed by atoms with Crippen molar-refractivity contribution in [2.45, 2.75) is 25.9 Å². The summed E-state index contributed by atoms with van der Waals surface area (Å²) in [6, 6.07) is 6.76. The summed E-state index contributed by atoms with van der Waals surface area (Å²) in [6.07, 6.45) is 3.00. The van der Waals surface area contributed by atoms with Crippen LogP contribution in [0.15, 0.2) is 34.2 Å². The average Bonchev–Trinajstić information content (AvgIpc) is 2.86. The van der Waals surface area contributed by atoms with Gasteiger partial charge in [-0.15, -0.1) is 11.3 Å². The first-order valence-electron chi connectivity index (χ1n) is 6.71. The fourth-order valence-corrected chi connectivity index (χ4v) is 3.66. The molecule has 3 nitrogen and oxygen atoms in total. The number of pyridine rings is 1. The third-order valence-corrected chi connectivity index (χ3v) is 5.02. The molecule has 0 aliphatic carbocycles. The van der Waals surface area contributed by atoms with Crippen molar-refractivity contribution >= 4 is 33.0 Å². The first kappa shape index (κ1) is 15.5. The van der Waals surface area contributed by atoms with Gasteiger partial charge in [0.15, 0.2) is 0 Å². The van der Waals surface area contributed by atoms with Crippen molar-refractivity contribution in [3.63, 3.8) is 0 Å². The Morgan fingerprint density at radius 3 is 2.75 bits per heavy atom. The van der Waals surface area contributed by atoms with E-state index in [-0.39, 0.29) is 0 Å². The molecule has 1 unspecified atom stereocenters. The van der Waals surface area contributed by atoms with Crippen molar-refractivity contribution in [3.05, 3.63) is 44.8 Å². The predicted molar refractivity (Wildman–Crippen MR) is 90.5 cm³/mol. The number of thiophene rings is 1. The van der Waals surface area contributed by atoms with E-state index < -0.39 is 0 Å². The van der Waals surface area contributed by atoms with Crippen LogP contribution < -0.4 is 10.2 Å². The topological polar surface area (TPSA) is 28.2 Å². The third-order valence-electron chi connectivity index (χ3n) is 3.34. The SMILES string of the molecule is CCC(NC)c1ccc(N(C)Cc2cc(Br)cs2)cn1. The molecule has 1 atom stereocenters. The van der Waals surface area contributed by atoms with E-state index in [2.05, 4.69) is 68.7 Å². The van der Waals surface area contributed by atoms with Crippen molar-refractivity contribution in [2.24, 2.45) is 0 Å². The van der Waals surface area contributed by atoms with E-state index in [9.17, 15) is 0 Å². The van der Waals surface area contributed by atoms with Crippen LogP contribution in [0.25, 0.3) is 0 Å². The Hall–Kier alpha value is -0.910. The molecule has 0 fully saturated rings. The summed E-state index contributed by atoms with van der Waals surface area (Å²) in [4.78, 5) is 8.13. The van der Waals surface area contributed by atoms with Crippen LogP contribution in [0.5, 0.6) is 0 Å². The van der Waals surface area contributed by atoms with Crippen molar-refractivity contribution < 1.29 is 0 Å². The standard InChI is InChI=1S/C15H20BrN3S/c1-4-14(17-2)15-6-5-12(8-18-15)19(3)9-13-7-11(16)10-20-13/h5-8,10,14,17H,4,9H2,1-3H3. The molecule has 0 saturated carbocycles. The van der Waals surface area contributed by atoms with Gasteiger partial charge in [0.2, 0.25) is 0 Å². The van der Waals surface area contributed by atoms with E-state index in [0.29, 0.717) is 6.04 Å². The highest BCUT2D eigenvalue weighted by Crippen LogP contribution is 2.23. The number of rotatable bonds is 6. The van der Waals surface area contributed by atoms with E-state index in [4.69, 9.17) is 0 Å². The molecule has 0 radical (unpaired) electrons. The highest BCUT2D eigenvalue weighted by Gasteiger charge is 2.09. The van der Waals surface area contributed by atoms with Crippen LogP contribution in [0.3, 0.4) is 0 Å². The number of nitrogens with one attached hydrogen (secondary N) is 1. The lowest BCUT2D eigenvalue weighted by molar-refractivity contribution is 0.561. The fourth-order valence-electron chi connectivity index (χ4n) is 2.15. The molecule has 0 saturated heterocycles. The maximum absolute atomic E-state index is 4.58. The molecule has 5 heteroatoms. The summed E-state index contributed by atoms with van der Waals surface area (Å²) in [5.74, 6) is 0. The Bertz CT molecular complexity index is 534. The molecule has 0 aliphatic rings. The van der Waals surface area contributed by atoms with Crippen LogP contribution >= 0.6 is 27.3 Å². The summed E-state index contributed by atoms with van der Waals surface area (Å²) in [7, 11) is 4.07. The molecular weight excluding hydrogens is 334 g/mol. The van der Waals surface area contributed by atoms with Gasteiger partial charge in [0, 0.05) is 27.8 Å². The van der Waals surface area contributed by atoms with Crippen LogP contribution in [-0.2, 0) is 6.54 Å². The molecule has 2 aromatic heterocycles. The van der Waals surface area contributed by atoms with Gasteiger partial charge in [-0.05, 0) is 47.6 Å². The summed E-state index contributed by atoms with van der Waals surface area (Å²) >= 11 is 5.26. The molecule has 0 spiro atoms. The van der Waals surface area contributed by atoms with E-state index in [1.807, 2.05) is 13.2 Å². The monoisotopic (exact) mass is 353 g/mol. The second kappa shape index (κ2) is 7.20. The zero-order valence-electron chi connectivity index (χ0n) is 12.1. The van der Waals surface area contributed by atoms with Gasteiger partial charge < -0.3 is 10.2 Å². The molecule has 2 rings (SSSR count). The van der Waals surface area contributed by atoms with E-state index in [1.54, 1.807) is 11.3 Å². The second-order valence-corrected chi connectivity index (χ2v) is 6.69. The van der Waals surface area contributed by atoms with Crippen LogP contribution in [0, 0.1) is 0 Å². The van der Waals surface area contributed by atoms with E-state index in [1.165, 1.54) is 4.88 Å². The highest BCUT2D eigenvalue weighted by molar-refractivity contribution is 9.10. The summed E-state index contributed by atoms with van der Waals surface area (Å²) in [6.45, 7) is 3.07. The van der Waals surface area contributed by atoms with Crippen LogP contribution in [0.4, 0.5) is 5.69 Å². The lowest BCUT2D eigenvalue weighted by Crippen LogP contribution is -2.18. The molecule has 0 amide bonds. The zero-order chi connectivity index (χ0) is 14.5. The molecule has 2 aromatic rings. The number of aromatic nitrogens is 1. The zero-order valence-corrected chi connectivity index (χ0v) is 14.5. The van der Waals surface area contributed by atoms with E-state index >= 15 is 0 Å². The van der Waals surface area contributed by atoms with Gasteiger partial charge in [0.25, 0.3) is 0 Å². The molecule has 2 heterocycles. The largest absolute Gasteiger partial charge is 0.368 e. The normalized spacial score (nSPS) is 12.4. The first-order chi connectivity index (χ1) is 9.63. The lowest BCUT2D eigenvalue weighted by Gasteiger charge is -2.19. The predicted octanol–water partition coefficient (Wildman–Crippen LogP) is 4.21. The van der Waals surface area contributed by atoms with Crippen molar-refractivity contribution in [1.29, 1.82) is 0 Å². The van der Waals surface area contributed by atoms with Gasteiger partial charge in [-0.25, -0.2) is 0 Å². The fraction of sp³-hybridized carbons (Fsp3) is 0.400. The number of nitrogens with zero attached hydrogens (tertiary/aromatic N) is 2. The Morgan fingerprint density at radius 1 is 1.45 bits per heavy atom. The molecule has 108 valence electrons. The molecular formula is C15H20BrN3S. The number of hydrogen-bond donors (Lipinski definition) is 1. The molecule has 1 N–H and O–H groups in total. The highest BCUT2D eigenvalue weighted by atomic mass is 79.9. The maximum atomic E-state index is 4.58. The molecule has 0 aliphatic heterocycles. The van der Waals surface area contributed by atoms with Crippen LogP contribution in [0.2, 0.25) is 0 Å². The molecule has 0 bridgehead atoms. The molecule has 0 aromatic carbocycles. The van der Waals surface area contributed by atoms with Crippen LogP contribution in [-0.4, -0.2) is 19.1 Å². The first-order valence-corrected chi connectivity index (χ1v) is 8.38. The van der Waals surface area contributed by atoms with Crippen molar-refractivity contribution in [1.82, 2.24) is 10.3 Å². The van der Waals surface area contributed by atoms with Gasteiger partial charge in [-0.1, -0.05) is 6.92 Å². The lowest BCUT2D eigenvalue weighted by atomic mass is 10.1. The summed E-state index contributed by atoms with van der Waals surface area (Å²) in [5, 5.41) is 5.39. The van der Waals surface area contributed by atoms with Crippen LogP contribution in [0.1, 0.15) is 30.0 Å². The third kappa shape index (κ3) is 3.81. The van der Waals surface area contributed by atoms with Crippen molar-refractivity contribution in [2.75, 3.05) is 19.0 Å². The Labute approximate surface area is 133 Å². The summed E-state index contributed by atoms with van der Waals surface area (Å²) < 4.78 is 1.15. The summed E-state index contributed by atoms with van der Waals surface area (Å²) in [5.41, 5.74) is 2.25. The number of hydrogen-bond acceptors (Lipinski definition) is 4. The average molecular weight is 354 g/mol. The Morgan fingerprint density at radius 2 is 2.25 bits per heavy atom. The van der Waals surface area contributed by atoms with Gasteiger partial charge in [-0.2, -0.15) is 0 Å². The van der Waals surface area contributed by atoms with E-state index in [0.717, 1.165) is 28.8 Å². The minimum atomic E-state index is 0.336. The minimum absolute atomic E-state index is 0.336. The Balaban J connectivity index is 2.05. The number of anilines is 1. The van der Waals surface area contributed by atoms with Gasteiger partial charge >= 0.3 is 0 Å².